The van der Waals surface area contributed by atoms with E-state index in [0.717, 1.165) is 38.5 Å². The zero-order valence-corrected chi connectivity index (χ0v) is 18.0. The largest absolute Gasteiger partial charge is 0.421 e. The van der Waals surface area contributed by atoms with Crippen molar-refractivity contribution in [3.05, 3.63) is 47.4 Å². The van der Waals surface area contributed by atoms with Crippen LogP contribution in [0.1, 0.15) is 67.8 Å². The minimum Gasteiger partial charge on any atom is -0.376 e. The summed E-state index contributed by atoms with van der Waals surface area (Å²) in [5.74, 6) is -0.257. The van der Waals surface area contributed by atoms with Crippen molar-refractivity contribution in [1.82, 2.24) is 4.90 Å². The van der Waals surface area contributed by atoms with Gasteiger partial charge in [0.05, 0.1) is 6.20 Å². The lowest BCUT2D eigenvalue weighted by molar-refractivity contribution is -0.258. The van der Waals surface area contributed by atoms with Crippen LogP contribution < -0.4 is 0 Å². The second-order valence-electron chi connectivity index (χ2n) is 9.35. The lowest BCUT2D eigenvalue weighted by atomic mass is 9.75. The maximum absolute atomic E-state index is 14.2. The smallest absolute Gasteiger partial charge is 0.376 e. The predicted octanol–water partition coefficient (Wildman–Crippen LogP) is 5.52. The molecule has 2 atom stereocenters. The van der Waals surface area contributed by atoms with E-state index in [1.54, 1.807) is 6.21 Å². The molecule has 1 aromatic rings. The maximum Gasteiger partial charge on any atom is 0.421 e. The van der Waals surface area contributed by atoms with E-state index >= 15 is 0 Å². The molecule has 3 aliphatic rings. The number of benzene rings is 1. The van der Waals surface area contributed by atoms with Crippen molar-refractivity contribution in [3.8, 4) is 0 Å². The monoisotopic (exact) mass is 452 g/mol. The summed E-state index contributed by atoms with van der Waals surface area (Å²) in [5, 5.41) is 9.85. The van der Waals surface area contributed by atoms with Crippen LogP contribution in [0.25, 0.3) is 0 Å². The van der Waals surface area contributed by atoms with Gasteiger partial charge in [-0.1, -0.05) is 12.1 Å². The zero-order chi connectivity index (χ0) is 23.1. The summed E-state index contributed by atoms with van der Waals surface area (Å²) in [4.78, 5) is 19.0. The Balaban J connectivity index is 1.44. The first-order chi connectivity index (χ1) is 15.1. The molecule has 0 spiro atoms. The van der Waals surface area contributed by atoms with Gasteiger partial charge >= 0.3 is 6.18 Å². The number of amides is 1. The number of allylic oxidation sites excluding steroid dienone is 1. The van der Waals surface area contributed by atoms with Crippen molar-refractivity contribution in [3.63, 3.8) is 0 Å². The molecule has 0 saturated heterocycles. The first kappa shape index (κ1) is 23.0. The Morgan fingerprint density at radius 2 is 1.59 bits per heavy atom. The highest BCUT2D eigenvalue weighted by molar-refractivity contribution is 5.95. The van der Waals surface area contributed by atoms with E-state index in [1.165, 1.54) is 30.5 Å². The molecule has 0 bridgehead atoms. The summed E-state index contributed by atoms with van der Waals surface area (Å²) < 4.78 is 53.4. The van der Waals surface area contributed by atoms with Gasteiger partial charge in [0.2, 0.25) is 0 Å². The van der Waals surface area contributed by atoms with Gasteiger partial charge in [-0.25, -0.2) is 4.39 Å². The van der Waals surface area contributed by atoms with E-state index in [-0.39, 0.29) is 41.2 Å². The van der Waals surface area contributed by atoms with E-state index in [2.05, 4.69) is 4.99 Å². The number of hydrogen-bond donors (Lipinski definition) is 1. The normalized spacial score (nSPS) is 28.1. The fourth-order valence-corrected chi connectivity index (χ4v) is 4.94. The van der Waals surface area contributed by atoms with Gasteiger partial charge in [0.25, 0.3) is 5.91 Å². The number of hydrogen-bond acceptors (Lipinski definition) is 3. The fourth-order valence-electron chi connectivity index (χ4n) is 4.94. The van der Waals surface area contributed by atoms with Gasteiger partial charge in [0, 0.05) is 29.8 Å². The number of nitrogens with zero attached hydrogens (tertiary/aromatic N) is 2. The molecule has 1 N–H and O–H groups in total. The van der Waals surface area contributed by atoms with Gasteiger partial charge in [-0.15, -0.1) is 0 Å². The molecule has 1 unspecified atom stereocenters. The Morgan fingerprint density at radius 3 is 2.09 bits per heavy atom. The molecule has 2 aliphatic carbocycles. The lowest BCUT2D eigenvalue weighted by Crippen LogP contribution is -2.44. The van der Waals surface area contributed by atoms with Crippen molar-refractivity contribution in [1.29, 1.82) is 0 Å². The van der Waals surface area contributed by atoms with Crippen LogP contribution in [-0.4, -0.2) is 40.4 Å². The molecule has 0 aromatic heterocycles. The molecule has 32 heavy (non-hydrogen) atoms. The van der Waals surface area contributed by atoms with Crippen LogP contribution in [0.15, 0.2) is 41.3 Å². The minimum atomic E-state index is -4.81. The van der Waals surface area contributed by atoms with Crippen LogP contribution in [0, 0.1) is 11.8 Å². The number of alkyl halides is 3. The molecule has 1 aliphatic heterocycles. The molecule has 4 nitrogen and oxygen atoms in total. The van der Waals surface area contributed by atoms with E-state index in [9.17, 15) is 27.5 Å². The number of carbonyl (C=O) groups is 1. The number of carbonyl (C=O) groups excluding carboxylic acids is 1. The Hall–Kier alpha value is -2.22. The third-order valence-electron chi connectivity index (χ3n) is 7.14. The molecule has 174 valence electrons. The number of aliphatic hydroxyl groups is 1. The summed E-state index contributed by atoms with van der Waals surface area (Å²) >= 11 is 0. The standard InChI is InChI=1S/C24H28F4N2O2/c1-23(32,24(26,27)28)17-6-2-16(3-7-17)22(31)30(19-10-11-19)18-8-4-15(5-9-18)20-12-13-29-14-21(20)25/h2-3,6-7,13-15,18-20,32H,4-5,8-12H2,1H3/t15?,18?,20?,23-/m0/s1. The SMILES string of the molecule is C[C@](O)(c1ccc(C(=O)N(C2CCC(C3CC=NC=C3F)CC2)C2CC2)cc1)C(F)(F)F. The van der Waals surface area contributed by atoms with Gasteiger partial charge in [-0.3, -0.25) is 9.79 Å². The topological polar surface area (TPSA) is 52.9 Å². The second-order valence-corrected chi connectivity index (χ2v) is 9.35. The molecule has 0 radical (unpaired) electrons. The van der Waals surface area contributed by atoms with Gasteiger partial charge < -0.3 is 10.0 Å². The van der Waals surface area contributed by atoms with Crippen LogP contribution >= 0.6 is 0 Å². The van der Waals surface area contributed by atoms with E-state index < -0.39 is 11.8 Å². The average Bonchev–Trinajstić information content (AvgIpc) is 3.59. The Kier molecular flexibility index (Phi) is 6.18. The molecular weight excluding hydrogens is 424 g/mol. The number of rotatable bonds is 5. The van der Waals surface area contributed by atoms with Crippen molar-refractivity contribution in [2.24, 2.45) is 16.8 Å². The molecule has 4 rings (SSSR count). The van der Waals surface area contributed by atoms with E-state index in [0.29, 0.717) is 18.9 Å². The number of aliphatic imine (C=N–C) groups is 1. The van der Waals surface area contributed by atoms with Gasteiger partial charge in [-0.2, -0.15) is 13.2 Å². The highest BCUT2D eigenvalue weighted by Gasteiger charge is 2.51. The first-order valence-corrected chi connectivity index (χ1v) is 11.2. The summed E-state index contributed by atoms with van der Waals surface area (Å²) in [6.07, 6.45) is 3.91. The van der Waals surface area contributed by atoms with Crippen molar-refractivity contribution < 1.29 is 27.5 Å². The van der Waals surface area contributed by atoms with E-state index in [1.807, 2.05) is 4.90 Å². The predicted molar refractivity (Wildman–Crippen MR) is 113 cm³/mol. The third-order valence-corrected chi connectivity index (χ3v) is 7.14. The highest BCUT2D eigenvalue weighted by Crippen LogP contribution is 2.42. The zero-order valence-electron chi connectivity index (χ0n) is 18.0. The van der Waals surface area contributed by atoms with Crippen LogP contribution in [0.2, 0.25) is 0 Å². The van der Waals surface area contributed by atoms with Crippen molar-refractivity contribution in [2.45, 2.75) is 75.7 Å². The van der Waals surface area contributed by atoms with Gasteiger partial charge in [-0.05, 0) is 75.5 Å². The molecule has 2 fully saturated rings. The molecule has 1 amide bonds. The second kappa shape index (κ2) is 8.61. The maximum atomic E-state index is 14.2. The minimum absolute atomic E-state index is 0.0495. The molecular formula is C24H28F4N2O2. The summed E-state index contributed by atoms with van der Waals surface area (Å²) in [5.41, 5.74) is -2.96. The van der Waals surface area contributed by atoms with Crippen LogP contribution in [-0.2, 0) is 5.60 Å². The fraction of sp³-hybridized carbons (Fsp3) is 0.583. The molecule has 1 heterocycles. The van der Waals surface area contributed by atoms with Gasteiger partial charge in [0.15, 0.2) is 5.60 Å². The highest BCUT2D eigenvalue weighted by atomic mass is 19.4. The molecule has 8 heteroatoms. The summed E-state index contributed by atoms with van der Waals surface area (Å²) in [6.45, 7) is 0.703. The Bertz CT molecular complexity index is 896. The molecule has 1 aromatic carbocycles. The van der Waals surface area contributed by atoms with Crippen LogP contribution in [0.3, 0.4) is 0 Å². The Labute approximate surface area is 185 Å². The molecule has 2 saturated carbocycles. The van der Waals surface area contributed by atoms with Crippen LogP contribution in [0.4, 0.5) is 17.6 Å². The third kappa shape index (κ3) is 4.47. The van der Waals surface area contributed by atoms with Crippen molar-refractivity contribution in [2.75, 3.05) is 0 Å². The Morgan fingerprint density at radius 1 is 1.03 bits per heavy atom. The lowest BCUT2D eigenvalue weighted by Gasteiger charge is -2.39. The first-order valence-electron chi connectivity index (χ1n) is 11.2. The average molecular weight is 452 g/mol. The van der Waals surface area contributed by atoms with E-state index in [4.69, 9.17) is 0 Å². The van der Waals surface area contributed by atoms with Crippen molar-refractivity contribution >= 4 is 12.1 Å². The number of halogens is 4. The van der Waals surface area contributed by atoms with Crippen LogP contribution in [0.5, 0.6) is 0 Å². The quantitative estimate of drug-likeness (QED) is 0.598. The van der Waals surface area contributed by atoms with Gasteiger partial charge in [0.1, 0.15) is 5.83 Å². The summed E-state index contributed by atoms with van der Waals surface area (Å²) in [6, 6.07) is 5.26. The summed E-state index contributed by atoms with van der Waals surface area (Å²) in [7, 11) is 0.